The summed E-state index contributed by atoms with van der Waals surface area (Å²) in [4.78, 5) is 12.1. The van der Waals surface area contributed by atoms with Crippen molar-refractivity contribution in [3.8, 4) is 11.4 Å². The van der Waals surface area contributed by atoms with E-state index in [1.807, 2.05) is 0 Å². The second-order valence-electron chi connectivity index (χ2n) is 3.29. The normalized spacial score (nSPS) is 10.4. The first kappa shape index (κ1) is 10.2. The molecule has 0 radical (unpaired) electrons. The van der Waals surface area contributed by atoms with Gasteiger partial charge in [0.1, 0.15) is 5.82 Å². The van der Waals surface area contributed by atoms with Gasteiger partial charge < -0.3 is 10.3 Å². The molecule has 2 aromatic rings. The van der Waals surface area contributed by atoms with Crippen LogP contribution in [0, 0.1) is 6.92 Å². The molecule has 82 valence electrons. The molecule has 0 fully saturated rings. The third-order valence-electron chi connectivity index (χ3n) is 1.97. The fourth-order valence-corrected chi connectivity index (χ4v) is 1.29. The van der Waals surface area contributed by atoms with Crippen molar-refractivity contribution in [3.05, 3.63) is 12.2 Å². The molecule has 0 aromatic carbocycles. The van der Waals surface area contributed by atoms with Gasteiger partial charge in [0.25, 0.3) is 0 Å². The molecule has 0 bridgehead atoms. The summed E-state index contributed by atoms with van der Waals surface area (Å²) in [6.45, 7) is 5.44. The van der Waals surface area contributed by atoms with Crippen LogP contribution in [0.5, 0.6) is 0 Å². The molecule has 0 saturated heterocycles. The van der Waals surface area contributed by atoms with Crippen LogP contribution in [0.4, 0.5) is 11.6 Å². The largest absolute Gasteiger partial charge is 0.383 e. The van der Waals surface area contributed by atoms with Crippen LogP contribution in [0.1, 0.15) is 5.89 Å². The molecule has 0 saturated carbocycles. The third-order valence-corrected chi connectivity index (χ3v) is 1.97. The summed E-state index contributed by atoms with van der Waals surface area (Å²) >= 11 is 0. The van der Waals surface area contributed by atoms with Crippen LogP contribution in [0.25, 0.3) is 11.4 Å². The zero-order valence-corrected chi connectivity index (χ0v) is 9.01. The molecular formula is C9H11N6O+. The summed E-state index contributed by atoms with van der Waals surface area (Å²) in [6, 6.07) is 0. The number of hydrogen-bond acceptors (Lipinski definition) is 6. The monoisotopic (exact) mass is 219 g/mol. The van der Waals surface area contributed by atoms with Crippen molar-refractivity contribution < 1.29 is 9.10 Å². The van der Waals surface area contributed by atoms with Gasteiger partial charge in [-0.15, -0.1) is 0 Å². The molecule has 7 nitrogen and oxygen atoms in total. The highest BCUT2D eigenvalue weighted by molar-refractivity contribution is 5.75. The Morgan fingerprint density at radius 3 is 2.75 bits per heavy atom. The zero-order chi connectivity index (χ0) is 11.7. The van der Waals surface area contributed by atoms with Gasteiger partial charge in [0.05, 0.1) is 13.8 Å². The second-order valence-corrected chi connectivity index (χ2v) is 3.29. The molecule has 0 aliphatic rings. The molecule has 2 rings (SSSR count). The Bertz CT molecular complexity index is 547. The summed E-state index contributed by atoms with van der Waals surface area (Å²) in [6.07, 6.45) is 1.36. The lowest BCUT2D eigenvalue weighted by Gasteiger charge is -2.00. The van der Waals surface area contributed by atoms with Crippen LogP contribution >= 0.6 is 0 Å². The average Bonchev–Trinajstić information content (AvgIpc) is 2.64. The van der Waals surface area contributed by atoms with Crippen molar-refractivity contribution in [2.75, 3.05) is 12.8 Å². The predicted molar refractivity (Wildman–Crippen MR) is 57.4 cm³/mol. The summed E-state index contributed by atoms with van der Waals surface area (Å²) in [5, 5.41) is 3.79. The molecule has 0 aliphatic heterocycles. The lowest BCUT2D eigenvalue weighted by molar-refractivity contribution is -0.398. The van der Waals surface area contributed by atoms with Crippen LogP contribution in [-0.2, 0) is 0 Å². The van der Waals surface area contributed by atoms with E-state index in [1.165, 1.54) is 6.33 Å². The van der Waals surface area contributed by atoms with Gasteiger partial charge in [0.2, 0.25) is 18.0 Å². The van der Waals surface area contributed by atoms with Gasteiger partial charge >= 0.3 is 5.82 Å². The fraction of sp³-hybridized carbons (Fsp3) is 0.222. The first-order valence-corrected chi connectivity index (χ1v) is 4.55. The number of hydrogen-bond donors (Lipinski definition) is 1. The topological polar surface area (TPSA) is 93.7 Å². The lowest BCUT2D eigenvalue weighted by Crippen LogP contribution is -2.04. The molecule has 0 spiro atoms. The van der Waals surface area contributed by atoms with Gasteiger partial charge in [0, 0.05) is 6.92 Å². The maximum absolute atomic E-state index is 5.77. The molecule has 2 aromatic heterocycles. The van der Waals surface area contributed by atoms with Crippen LogP contribution in [0.15, 0.2) is 10.9 Å². The zero-order valence-electron chi connectivity index (χ0n) is 9.01. The lowest BCUT2D eigenvalue weighted by atomic mass is 10.2. The Kier molecular flexibility index (Phi) is 2.35. The Morgan fingerprint density at radius 1 is 1.44 bits per heavy atom. The quantitative estimate of drug-likeness (QED) is 0.580. The smallest absolute Gasteiger partial charge is 0.339 e. The van der Waals surface area contributed by atoms with E-state index in [1.54, 1.807) is 18.5 Å². The SMILES string of the molecule is C=[N+](C)c1ncnc(N)c1-c1noc(C)n1. The van der Waals surface area contributed by atoms with Crippen molar-refractivity contribution in [2.24, 2.45) is 0 Å². The molecule has 0 atom stereocenters. The van der Waals surface area contributed by atoms with Gasteiger partial charge in [-0.3, -0.25) is 0 Å². The molecular weight excluding hydrogens is 208 g/mol. The van der Waals surface area contributed by atoms with Crippen LogP contribution in [0.2, 0.25) is 0 Å². The fourth-order valence-electron chi connectivity index (χ4n) is 1.29. The molecule has 2 heterocycles. The number of aryl methyl sites for hydroxylation is 1. The van der Waals surface area contributed by atoms with Crippen LogP contribution < -0.4 is 5.73 Å². The molecule has 0 unspecified atom stereocenters. The van der Waals surface area contributed by atoms with E-state index >= 15 is 0 Å². The highest BCUT2D eigenvalue weighted by atomic mass is 16.5. The van der Waals surface area contributed by atoms with Crippen molar-refractivity contribution in [3.63, 3.8) is 0 Å². The predicted octanol–water partition coefficient (Wildman–Crippen LogP) is 0.392. The summed E-state index contributed by atoms with van der Waals surface area (Å²) < 4.78 is 6.47. The first-order valence-electron chi connectivity index (χ1n) is 4.55. The molecule has 16 heavy (non-hydrogen) atoms. The van der Waals surface area contributed by atoms with Gasteiger partial charge in [-0.2, -0.15) is 9.97 Å². The standard InChI is InChI=1S/C9H11N6O/c1-5-13-8(14-16-5)6-7(10)11-4-12-9(6)15(2)3/h4H,2H2,1,3H3,(H2,10,11,12)/q+1. The van der Waals surface area contributed by atoms with E-state index < -0.39 is 0 Å². The summed E-state index contributed by atoms with van der Waals surface area (Å²) in [7, 11) is 1.75. The molecule has 2 N–H and O–H groups in total. The number of nitrogens with two attached hydrogens (primary N) is 1. The number of nitrogens with zero attached hydrogens (tertiary/aromatic N) is 5. The molecule has 0 amide bonds. The van der Waals surface area contributed by atoms with E-state index in [2.05, 4.69) is 26.8 Å². The van der Waals surface area contributed by atoms with E-state index in [0.717, 1.165) is 0 Å². The highest BCUT2D eigenvalue weighted by Gasteiger charge is 2.23. The van der Waals surface area contributed by atoms with Gasteiger partial charge in [-0.05, 0) is 4.98 Å². The highest BCUT2D eigenvalue weighted by Crippen LogP contribution is 2.28. The Balaban J connectivity index is 2.67. The second kappa shape index (κ2) is 3.69. The van der Waals surface area contributed by atoms with Crippen molar-refractivity contribution >= 4 is 18.4 Å². The van der Waals surface area contributed by atoms with Gasteiger partial charge in [0.15, 0.2) is 5.56 Å². The van der Waals surface area contributed by atoms with Crippen molar-refractivity contribution in [1.29, 1.82) is 0 Å². The maximum atomic E-state index is 5.77. The van der Waals surface area contributed by atoms with Crippen molar-refractivity contribution in [1.82, 2.24) is 20.1 Å². The Labute approximate surface area is 91.7 Å². The van der Waals surface area contributed by atoms with E-state index in [9.17, 15) is 0 Å². The van der Waals surface area contributed by atoms with Gasteiger partial charge in [-0.1, -0.05) is 5.16 Å². The molecule has 0 aliphatic carbocycles. The minimum atomic E-state index is 0.293. The Hall–Kier alpha value is -2.31. The third kappa shape index (κ3) is 1.62. The number of anilines is 1. The number of aromatic nitrogens is 4. The van der Waals surface area contributed by atoms with Crippen LogP contribution in [-0.4, -0.2) is 38.4 Å². The van der Waals surface area contributed by atoms with Gasteiger partial charge in [-0.25, -0.2) is 4.58 Å². The summed E-state index contributed by atoms with van der Waals surface area (Å²) in [5.41, 5.74) is 6.30. The first-order chi connectivity index (χ1) is 7.59. The van der Waals surface area contributed by atoms with Crippen molar-refractivity contribution in [2.45, 2.75) is 6.92 Å². The number of rotatable bonds is 2. The van der Waals surface area contributed by atoms with E-state index in [-0.39, 0.29) is 0 Å². The van der Waals surface area contributed by atoms with E-state index in [0.29, 0.717) is 28.9 Å². The average molecular weight is 219 g/mol. The molecule has 7 heteroatoms. The van der Waals surface area contributed by atoms with E-state index in [4.69, 9.17) is 10.3 Å². The number of nitrogen functional groups attached to an aromatic ring is 1. The summed E-state index contributed by atoms with van der Waals surface area (Å²) in [5.74, 6) is 1.66. The Morgan fingerprint density at radius 2 is 2.19 bits per heavy atom. The van der Waals surface area contributed by atoms with Crippen LogP contribution in [0.3, 0.4) is 0 Å². The minimum absolute atomic E-state index is 0.293. The maximum Gasteiger partial charge on any atom is 0.339 e. The minimum Gasteiger partial charge on any atom is -0.383 e.